The van der Waals surface area contributed by atoms with Gasteiger partial charge in [0.05, 0.1) is 0 Å². The summed E-state index contributed by atoms with van der Waals surface area (Å²) in [6.45, 7) is 5.79. The Kier molecular flexibility index (Phi) is 6.81. The van der Waals surface area contributed by atoms with Gasteiger partial charge in [0.1, 0.15) is 28.0 Å². The van der Waals surface area contributed by atoms with E-state index in [0.29, 0.717) is 39.8 Å². The van der Waals surface area contributed by atoms with Gasteiger partial charge >= 0.3 is 0 Å². The number of benzene rings is 1. The van der Waals surface area contributed by atoms with E-state index in [4.69, 9.17) is 14.9 Å². The standard InChI is InChI=1S/C24H25N5O3S/c1-14(2)22(25)16-5-4-6-17(11-16)31-13-21(30)28-20-12-18(24-26-9-10-33-24)27-23(29-20)19-8-7-15(3)32-19/h4-12,14,22H,13,25H2,1-3H3,(H,27,28,29,30). The van der Waals surface area contributed by atoms with Crippen LogP contribution in [0.2, 0.25) is 0 Å². The number of hydrogen-bond acceptors (Lipinski definition) is 8. The van der Waals surface area contributed by atoms with Crippen molar-refractivity contribution in [1.82, 2.24) is 15.0 Å². The molecule has 9 heteroatoms. The van der Waals surface area contributed by atoms with Crippen LogP contribution in [-0.2, 0) is 4.79 Å². The van der Waals surface area contributed by atoms with Crippen LogP contribution in [0.25, 0.3) is 22.3 Å². The zero-order valence-electron chi connectivity index (χ0n) is 18.6. The molecule has 1 atom stereocenters. The molecular weight excluding hydrogens is 438 g/mol. The van der Waals surface area contributed by atoms with Gasteiger partial charge in [-0.1, -0.05) is 26.0 Å². The highest BCUT2D eigenvalue weighted by atomic mass is 32.1. The Bertz CT molecular complexity index is 1240. The molecule has 4 rings (SSSR count). The molecule has 0 fully saturated rings. The Hall–Kier alpha value is -3.56. The van der Waals surface area contributed by atoms with Gasteiger partial charge in [-0.05, 0) is 42.7 Å². The molecule has 0 saturated heterocycles. The summed E-state index contributed by atoms with van der Waals surface area (Å²) < 4.78 is 11.4. The van der Waals surface area contributed by atoms with E-state index in [1.807, 2.05) is 36.6 Å². The summed E-state index contributed by atoms with van der Waals surface area (Å²) in [4.78, 5) is 25.9. The first-order valence-electron chi connectivity index (χ1n) is 10.5. The quantitative estimate of drug-likeness (QED) is 0.384. The van der Waals surface area contributed by atoms with Crippen molar-refractivity contribution in [3.63, 3.8) is 0 Å². The molecule has 1 amide bonds. The second-order valence-corrected chi connectivity index (χ2v) is 8.78. The summed E-state index contributed by atoms with van der Waals surface area (Å²) in [7, 11) is 0. The maximum atomic E-state index is 12.6. The normalized spacial score (nSPS) is 12.0. The van der Waals surface area contributed by atoms with Gasteiger partial charge in [0.25, 0.3) is 5.91 Å². The van der Waals surface area contributed by atoms with Crippen molar-refractivity contribution < 1.29 is 13.9 Å². The van der Waals surface area contributed by atoms with E-state index < -0.39 is 0 Å². The Labute approximate surface area is 195 Å². The third-order valence-electron chi connectivity index (χ3n) is 4.94. The minimum absolute atomic E-state index is 0.101. The van der Waals surface area contributed by atoms with Crippen LogP contribution in [0.15, 0.2) is 58.5 Å². The topological polar surface area (TPSA) is 116 Å². The van der Waals surface area contributed by atoms with Crippen molar-refractivity contribution in [1.29, 1.82) is 0 Å². The number of hydrogen-bond donors (Lipinski definition) is 2. The van der Waals surface area contributed by atoms with Crippen molar-refractivity contribution in [2.24, 2.45) is 11.7 Å². The van der Waals surface area contributed by atoms with Crippen molar-refractivity contribution >= 4 is 23.1 Å². The second kappa shape index (κ2) is 9.93. The van der Waals surface area contributed by atoms with E-state index >= 15 is 0 Å². The van der Waals surface area contributed by atoms with E-state index in [2.05, 4.69) is 34.1 Å². The molecule has 3 aromatic heterocycles. The number of ether oxygens (including phenoxy) is 1. The molecule has 0 saturated carbocycles. The molecule has 0 radical (unpaired) electrons. The highest BCUT2D eigenvalue weighted by Crippen LogP contribution is 2.27. The summed E-state index contributed by atoms with van der Waals surface area (Å²) in [6.07, 6.45) is 1.70. The average Bonchev–Trinajstić information content (AvgIpc) is 3.49. The first kappa shape index (κ1) is 22.6. The van der Waals surface area contributed by atoms with Crippen molar-refractivity contribution in [2.75, 3.05) is 11.9 Å². The number of rotatable bonds is 8. The Morgan fingerprint density at radius 2 is 2.06 bits per heavy atom. The molecule has 0 aliphatic heterocycles. The van der Waals surface area contributed by atoms with Gasteiger partial charge in [0.15, 0.2) is 18.2 Å². The lowest BCUT2D eigenvalue weighted by molar-refractivity contribution is -0.118. The highest BCUT2D eigenvalue weighted by molar-refractivity contribution is 7.13. The van der Waals surface area contributed by atoms with Crippen LogP contribution in [0.1, 0.15) is 31.2 Å². The van der Waals surface area contributed by atoms with E-state index in [1.54, 1.807) is 24.4 Å². The largest absolute Gasteiger partial charge is 0.484 e. The van der Waals surface area contributed by atoms with Crippen LogP contribution < -0.4 is 15.8 Å². The summed E-state index contributed by atoms with van der Waals surface area (Å²) in [5, 5.41) is 5.36. The van der Waals surface area contributed by atoms with Crippen LogP contribution in [0, 0.1) is 12.8 Å². The van der Waals surface area contributed by atoms with Crippen molar-refractivity contribution in [3.05, 3.63) is 65.4 Å². The third-order valence-corrected chi connectivity index (χ3v) is 5.73. The predicted octanol–water partition coefficient (Wildman–Crippen LogP) is 4.84. The fourth-order valence-corrected chi connectivity index (χ4v) is 3.76. The summed E-state index contributed by atoms with van der Waals surface area (Å²) in [5.74, 6) is 2.48. The number of furan rings is 1. The fourth-order valence-electron chi connectivity index (χ4n) is 3.16. The fraction of sp³-hybridized carbons (Fsp3) is 0.250. The Morgan fingerprint density at radius 1 is 1.21 bits per heavy atom. The van der Waals surface area contributed by atoms with E-state index in [1.165, 1.54) is 11.3 Å². The molecule has 0 aliphatic carbocycles. The van der Waals surface area contributed by atoms with Crippen LogP contribution in [0.5, 0.6) is 5.75 Å². The Balaban J connectivity index is 1.50. The van der Waals surface area contributed by atoms with Gasteiger partial charge < -0.3 is 20.2 Å². The zero-order chi connectivity index (χ0) is 23.4. The Morgan fingerprint density at radius 3 is 2.76 bits per heavy atom. The second-order valence-electron chi connectivity index (χ2n) is 7.89. The van der Waals surface area contributed by atoms with Gasteiger partial charge in [-0.15, -0.1) is 11.3 Å². The molecule has 1 aromatic carbocycles. The predicted molar refractivity (Wildman–Crippen MR) is 128 cm³/mol. The van der Waals surface area contributed by atoms with Gasteiger partial charge in [-0.25, -0.2) is 15.0 Å². The lowest BCUT2D eigenvalue weighted by Crippen LogP contribution is -2.21. The number of aryl methyl sites for hydroxylation is 1. The van der Waals surface area contributed by atoms with Gasteiger partial charge in [0.2, 0.25) is 0 Å². The van der Waals surface area contributed by atoms with Crippen LogP contribution in [0.3, 0.4) is 0 Å². The van der Waals surface area contributed by atoms with Crippen molar-refractivity contribution in [2.45, 2.75) is 26.8 Å². The summed E-state index contributed by atoms with van der Waals surface area (Å²) >= 11 is 1.45. The zero-order valence-corrected chi connectivity index (χ0v) is 19.4. The maximum absolute atomic E-state index is 12.6. The molecule has 8 nitrogen and oxygen atoms in total. The van der Waals surface area contributed by atoms with E-state index in [0.717, 1.165) is 11.3 Å². The van der Waals surface area contributed by atoms with Gasteiger partial charge in [-0.2, -0.15) is 0 Å². The van der Waals surface area contributed by atoms with Crippen molar-refractivity contribution in [3.8, 4) is 28.0 Å². The number of nitrogens with zero attached hydrogens (tertiary/aromatic N) is 3. The molecule has 170 valence electrons. The SMILES string of the molecule is Cc1ccc(-c2nc(NC(=O)COc3cccc(C(N)C(C)C)c3)cc(-c3nccs3)n2)o1. The van der Waals surface area contributed by atoms with Crippen LogP contribution in [-0.4, -0.2) is 27.5 Å². The molecule has 1 unspecified atom stereocenters. The highest BCUT2D eigenvalue weighted by Gasteiger charge is 2.15. The van der Waals surface area contributed by atoms with Gasteiger partial charge in [0, 0.05) is 23.7 Å². The van der Waals surface area contributed by atoms with E-state index in [9.17, 15) is 4.79 Å². The monoisotopic (exact) mass is 463 g/mol. The number of anilines is 1. The van der Waals surface area contributed by atoms with Gasteiger partial charge in [-0.3, -0.25) is 4.79 Å². The summed E-state index contributed by atoms with van der Waals surface area (Å²) in [5.41, 5.74) is 7.78. The molecule has 0 bridgehead atoms. The van der Waals surface area contributed by atoms with E-state index in [-0.39, 0.29) is 18.6 Å². The lowest BCUT2D eigenvalue weighted by Gasteiger charge is -2.17. The minimum atomic E-state index is -0.348. The van der Waals surface area contributed by atoms with Crippen LogP contribution in [0.4, 0.5) is 5.82 Å². The molecule has 3 N–H and O–H groups in total. The number of thiazole rings is 1. The molecule has 4 aromatic rings. The molecule has 0 spiro atoms. The van der Waals surface area contributed by atoms with Crippen LogP contribution >= 0.6 is 11.3 Å². The maximum Gasteiger partial charge on any atom is 0.263 e. The third kappa shape index (κ3) is 5.63. The smallest absolute Gasteiger partial charge is 0.263 e. The number of nitrogens with two attached hydrogens (primary N) is 1. The number of nitrogens with one attached hydrogen (secondary N) is 1. The molecule has 0 aliphatic rings. The average molecular weight is 464 g/mol. The number of carbonyl (C=O) groups excluding carboxylic acids is 1. The number of carbonyl (C=O) groups is 1. The first-order valence-corrected chi connectivity index (χ1v) is 11.4. The number of amides is 1. The summed E-state index contributed by atoms with van der Waals surface area (Å²) in [6, 6.07) is 12.7. The molecular formula is C24H25N5O3S. The molecule has 33 heavy (non-hydrogen) atoms. The molecule has 3 heterocycles. The first-order chi connectivity index (χ1) is 15.9. The minimum Gasteiger partial charge on any atom is -0.484 e. The lowest BCUT2D eigenvalue weighted by atomic mass is 9.97. The number of aromatic nitrogens is 3.